The molecule has 2 rings (SSSR count). The number of aliphatic imine (C=N–C) groups is 1. The number of rotatable bonds is 7. The van der Waals surface area contributed by atoms with Crippen LogP contribution in [-0.4, -0.2) is 61.8 Å². The minimum Gasteiger partial charge on any atom is -0.379 e. The molecule has 1 saturated heterocycles. The van der Waals surface area contributed by atoms with E-state index in [2.05, 4.69) is 39.4 Å². The molecule has 0 radical (unpaired) electrons. The van der Waals surface area contributed by atoms with Crippen LogP contribution < -0.4 is 10.6 Å². The number of hydrogen-bond donors (Lipinski definition) is 2. The van der Waals surface area contributed by atoms with Gasteiger partial charge in [0.2, 0.25) is 0 Å². The van der Waals surface area contributed by atoms with Crippen molar-refractivity contribution in [1.82, 2.24) is 20.5 Å². The molecule has 0 unspecified atom stereocenters. The van der Waals surface area contributed by atoms with Crippen LogP contribution in [0.3, 0.4) is 0 Å². The van der Waals surface area contributed by atoms with Crippen molar-refractivity contribution >= 4 is 17.3 Å². The van der Waals surface area contributed by atoms with Gasteiger partial charge in [-0.05, 0) is 26.8 Å². The molecule has 2 heterocycles. The molecule has 1 aliphatic rings. The minimum absolute atomic E-state index is 0.636. The van der Waals surface area contributed by atoms with Gasteiger partial charge in [0.15, 0.2) is 5.96 Å². The van der Waals surface area contributed by atoms with Gasteiger partial charge in [-0.3, -0.25) is 4.90 Å². The van der Waals surface area contributed by atoms with Crippen molar-refractivity contribution in [3.05, 3.63) is 16.1 Å². The van der Waals surface area contributed by atoms with Gasteiger partial charge in [-0.25, -0.2) is 9.98 Å². The molecule has 0 saturated carbocycles. The summed E-state index contributed by atoms with van der Waals surface area (Å²) >= 11 is 1.70. The van der Waals surface area contributed by atoms with Crippen molar-refractivity contribution in [2.45, 2.75) is 26.8 Å². The first-order valence-corrected chi connectivity index (χ1v) is 8.83. The van der Waals surface area contributed by atoms with Gasteiger partial charge in [-0.15, -0.1) is 11.3 Å². The smallest absolute Gasteiger partial charge is 0.191 e. The molecule has 0 amide bonds. The molecule has 2 N–H and O–H groups in total. The van der Waals surface area contributed by atoms with Crippen molar-refractivity contribution < 1.29 is 4.74 Å². The summed E-state index contributed by atoms with van der Waals surface area (Å²) in [5.74, 6) is 0.873. The van der Waals surface area contributed by atoms with Crippen molar-refractivity contribution in [2.75, 3.05) is 45.9 Å². The van der Waals surface area contributed by atoms with E-state index in [1.54, 1.807) is 11.3 Å². The Morgan fingerprint density at radius 2 is 2.23 bits per heavy atom. The molecule has 1 aromatic heterocycles. The van der Waals surface area contributed by atoms with E-state index in [0.29, 0.717) is 6.54 Å². The Hall–Kier alpha value is -1.18. The second-order valence-corrected chi connectivity index (χ2v) is 6.61. The molecule has 22 heavy (non-hydrogen) atoms. The first kappa shape index (κ1) is 17.2. The lowest BCUT2D eigenvalue weighted by Crippen LogP contribution is -2.40. The number of nitrogens with zero attached hydrogens (tertiary/aromatic N) is 3. The molecule has 1 fully saturated rings. The van der Waals surface area contributed by atoms with E-state index in [0.717, 1.165) is 63.3 Å². The number of morpholine rings is 1. The van der Waals surface area contributed by atoms with Crippen molar-refractivity contribution in [2.24, 2.45) is 4.99 Å². The SMILES string of the molecule is CCNC(=NCc1ncc(C)s1)NCCCN1CCOCC1. The Morgan fingerprint density at radius 3 is 2.91 bits per heavy atom. The number of ether oxygens (including phenoxy) is 1. The zero-order valence-electron chi connectivity index (χ0n) is 13.6. The zero-order valence-corrected chi connectivity index (χ0v) is 14.4. The van der Waals surface area contributed by atoms with E-state index in [4.69, 9.17) is 4.74 Å². The average molecular weight is 325 g/mol. The van der Waals surface area contributed by atoms with Crippen LogP contribution in [0.4, 0.5) is 0 Å². The maximum atomic E-state index is 5.36. The van der Waals surface area contributed by atoms with E-state index in [9.17, 15) is 0 Å². The highest BCUT2D eigenvalue weighted by Crippen LogP contribution is 2.11. The number of hydrogen-bond acceptors (Lipinski definition) is 5. The first-order valence-electron chi connectivity index (χ1n) is 8.01. The lowest BCUT2D eigenvalue weighted by atomic mass is 10.3. The van der Waals surface area contributed by atoms with Gasteiger partial charge in [-0.2, -0.15) is 0 Å². The molecule has 7 heteroatoms. The second kappa shape index (κ2) is 9.76. The summed E-state index contributed by atoms with van der Waals surface area (Å²) in [5, 5.41) is 7.73. The van der Waals surface area contributed by atoms with Crippen LogP contribution in [-0.2, 0) is 11.3 Å². The van der Waals surface area contributed by atoms with Gasteiger partial charge in [0.25, 0.3) is 0 Å². The molecule has 0 spiro atoms. The molecule has 1 aromatic rings. The van der Waals surface area contributed by atoms with Crippen LogP contribution >= 0.6 is 11.3 Å². The Balaban J connectivity index is 1.68. The van der Waals surface area contributed by atoms with E-state index in [1.165, 1.54) is 4.88 Å². The summed E-state index contributed by atoms with van der Waals surface area (Å²) in [6.45, 7) is 11.5. The standard InChI is InChI=1S/C15H27N5OS/c1-3-16-15(19-12-14-18-11-13(2)22-14)17-5-4-6-20-7-9-21-10-8-20/h11H,3-10,12H2,1-2H3,(H2,16,17,19). The largest absolute Gasteiger partial charge is 0.379 e. The molecular weight excluding hydrogens is 298 g/mol. The van der Waals surface area contributed by atoms with Crippen molar-refractivity contribution in [3.8, 4) is 0 Å². The Kier molecular flexibility index (Phi) is 7.62. The summed E-state index contributed by atoms with van der Waals surface area (Å²) in [7, 11) is 0. The quantitative estimate of drug-likeness (QED) is 0.448. The first-order chi connectivity index (χ1) is 10.8. The lowest BCUT2D eigenvalue weighted by molar-refractivity contribution is 0.0376. The highest BCUT2D eigenvalue weighted by atomic mass is 32.1. The van der Waals surface area contributed by atoms with Crippen molar-refractivity contribution in [1.29, 1.82) is 0 Å². The predicted octanol–water partition coefficient (Wildman–Crippen LogP) is 1.23. The van der Waals surface area contributed by atoms with Crippen LogP contribution in [0.25, 0.3) is 0 Å². The predicted molar refractivity (Wildman–Crippen MR) is 91.5 cm³/mol. The molecule has 0 bridgehead atoms. The molecule has 0 atom stereocenters. The maximum absolute atomic E-state index is 5.36. The molecule has 1 aliphatic heterocycles. The van der Waals surface area contributed by atoms with Gasteiger partial charge in [0.05, 0.1) is 19.8 Å². The topological polar surface area (TPSA) is 61.8 Å². The van der Waals surface area contributed by atoms with E-state index in [-0.39, 0.29) is 0 Å². The van der Waals surface area contributed by atoms with Gasteiger partial charge >= 0.3 is 0 Å². The number of aromatic nitrogens is 1. The summed E-state index contributed by atoms with van der Waals surface area (Å²) in [6.07, 6.45) is 3.01. The Morgan fingerprint density at radius 1 is 1.41 bits per heavy atom. The normalized spacial score (nSPS) is 16.7. The van der Waals surface area contributed by atoms with Gasteiger partial charge < -0.3 is 15.4 Å². The third kappa shape index (κ3) is 6.29. The van der Waals surface area contributed by atoms with Crippen LogP contribution in [0, 0.1) is 6.92 Å². The highest BCUT2D eigenvalue weighted by Gasteiger charge is 2.09. The van der Waals surface area contributed by atoms with Gasteiger partial charge in [0, 0.05) is 37.3 Å². The number of thiazole rings is 1. The lowest BCUT2D eigenvalue weighted by Gasteiger charge is -2.26. The molecule has 0 aliphatic carbocycles. The fourth-order valence-corrected chi connectivity index (χ4v) is 3.01. The monoisotopic (exact) mass is 325 g/mol. The minimum atomic E-state index is 0.636. The fourth-order valence-electron chi connectivity index (χ4n) is 2.30. The van der Waals surface area contributed by atoms with Crippen molar-refractivity contribution in [3.63, 3.8) is 0 Å². The molecule has 0 aromatic carbocycles. The van der Waals surface area contributed by atoms with Crippen LogP contribution in [0.2, 0.25) is 0 Å². The summed E-state index contributed by atoms with van der Waals surface area (Å²) in [5.41, 5.74) is 0. The summed E-state index contributed by atoms with van der Waals surface area (Å²) in [6, 6.07) is 0. The molecular formula is C15H27N5OS. The van der Waals surface area contributed by atoms with Gasteiger partial charge in [-0.1, -0.05) is 0 Å². The van der Waals surface area contributed by atoms with E-state index < -0.39 is 0 Å². The fraction of sp³-hybridized carbons (Fsp3) is 0.733. The van der Waals surface area contributed by atoms with Crippen LogP contribution in [0.5, 0.6) is 0 Å². The number of nitrogens with one attached hydrogen (secondary N) is 2. The van der Waals surface area contributed by atoms with Crippen LogP contribution in [0.1, 0.15) is 23.2 Å². The Labute approximate surface area is 137 Å². The second-order valence-electron chi connectivity index (χ2n) is 5.29. The van der Waals surface area contributed by atoms with E-state index >= 15 is 0 Å². The third-order valence-electron chi connectivity index (χ3n) is 3.43. The maximum Gasteiger partial charge on any atom is 0.191 e. The summed E-state index contributed by atoms with van der Waals surface area (Å²) in [4.78, 5) is 12.6. The van der Waals surface area contributed by atoms with Crippen LogP contribution in [0.15, 0.2) is 11.2 Å². The molecule has 124 valence electrons. The number of guanidine groups is 1. The van der Waals surface area contributed by atoms with E-state index in [1.807, 2.05) is 6.20 Å². The molecule has 6 nitrogen and oxygen atoms in total. The Bertz CT molecular complexity index is 457. The third-order valence-corrected chi connectivity index (χ3v) is 4.33. The average Bonchev–Trinajstić information content (AvgIpc) is 2.95. The highest BCUT2D eigenvalue weighted by molar-refractivity contribution is 7.11. The zero-order chi connectivity index (χ0) is 15.6. The van der Waals surface area contributed by atoms with Gasteiger partial charge in [0.1, 0.15) is 5.01 Å². The number of aryl methyl sites for hydroxylation is 1. The summed E-state index contributed by atoms with van der Waals surface area (Å²) < 4.78 is 5.36.